The largest absolute Gasteiger partial charge is 0.481 e. The van der Waals surface area contributed by atoms with E-state index in [0.717, 1.165) is 0 Å². The highest BCUT2D eigenvalue weighted by atomic mass is 35.5. The highest BCUT2D eigenvalue weighted by Gasteiger charge is 2.17. The average molecular weight is 482 g/mol. The summed E-state index contributed by atoms with van der Waals surface area (Å²) in [7, 11) is 1.54. The fourth-order valence-corrected chi connectivity index (χ4v) is 3.64. The summed E-state index contributed by atoms with van der Waals surface area (Å²) in [5.41, 5.74) is 2.05. The number of hydrogen-bond acceptors (Lipinski definition) is 7. The summed E-state index contributed by atoms with van der Waals surface area (Å²) >= 11 is 5.79. The number of benzene rings is 1. The molecular weight excluding hydrogens is 461 g/mol. The van der Waals surface area contributed by atoms with E-state index < -0.39 is 11.9 Å². The number of pyridine rings is 2. The molecule has 0 aliphatic heterocycles. The van der Waals surface area contributed by atoms with E-state index >= 15 is 0 Å². The van der Waals surface area contributed by atoms with Crippen LogP contribution in [0.15, 0.2) is 72.0 Å². The summed E-state index contributed by atoms with van der Waals surface area (Å²) in [6, 6.07) is 12.2. The van der Waals surface area contributed by atoms with E-state index in [1.807, 2.05) is 0 Å². The molecule has 0 aliphatic rings. The second-order valence-corrected chi connectivity index (χ2v) is 7.77. The minimum absolute atomic E-state index is 0.00668. The maximum atomic E-state index is 14.0. The Bertz CT molecular complexity index is 1350. The Balaban J connectivity index is 1.61. The molecule has 1 aromatic carbocycles. The zero-order chi connectivity index (χ0) is 24.1. The maximum absolute atomic E-state index is 14.0. The summed E-state index contributed by atoms with van der Waals surface area (Å²) in [6.45, 7) is -0.176. The van der Waals surface area contributed by atoms with E-state index in [0.29, 0.717) is 34.2 Å². The Morgan fingerprint density at radius 2 is 2.00 bits per heavy atom. The molecule has 3 aromatic heterocycles. The first kappa shape index (κ1) is 23.3. The van der Waals surface area contributed by atoms with Crippen molar-refractivity contribution in [1.82, 2.24) is 19.5 Å². The van der Waals surface area contributed by atoms with Crippen molar-refractivity contribution in [2.45, 2.75) is 12.5 Å². The molecule has 174 valence electrons. The lowest BCUT2D eigenvalue weighted by molar-refractivity contribution is 0.266. The van der Waals surface area contributed by atoms with Gasteiger partial charge in [-0.25, -0.2) is 19.3 Å². The molecule has 0 saturated heterocycles. The second-order valence-electron chi connectivity index (χ2n) is 7.37. The molecule has 4 rings (SSSR count). The molecule has 8 nitrogen and oxygen atoms in total. The molecular formula is C24H21ClFN5O3. The van der Waals surface area contributed by atoms with Crippen molar-refractivity contribution in [1.29, 1.82) is 0 Å². The summed E-state index contributed by atoms with van der Waals surface area (Å²) < 4.78 is 20.5. The molecule has 10 heteroatoms. The molecule has 1 atom stereocenters. The average Bonchev–Trinajstić information content (AvgIpc) is 2.85. The van der Waals surface area contributed by atoms with Crippen LogP contribution in [0.1, 0.15) is 18.0 Å². The highest BCUT2D eigenvalue weighted by molar-refractivity contribution is 6.30. The van der Waals surface area contributed by atoms with Crippen LogP contribution in [0, 0.1) is 5.82 Å². The van der Waals surface area contributed by atoms with Gasteiger partial charge < -0.3 is 19.7 Å². The van der Waals surface area contributed by atoms with Crippen LogP contribution in [-0.4, -0.2) is 38.3 Å². The molecule has 0 saturated carbocycles. The lowest BCUT2D eigenvalue weighted by atomic mass is 10.0. The van der Waals surface area contributed by atoms with Gasteiger partial charge in [-0.3, -0.25) is 4.79 Å². The minimum atomic E-state index is -0.583. The van der Waals surface area contributed by atoms with Crippen LogP contribution in [0.3, 0.4) is 0 Å². The normalized spacial score (nSPS) is 11.8. The van der Waals surface area contributed by atoms with Crippen molar-refractivity contribution in [2.75, 3.05) is 19.0 Å². The number of aromatic nitrogens is 4. The number of aliphatic hydroxyl groups excluding tert-OH is 1. The number of hydrogen-bond donors (Lipinski definition) is 2. The van der Waals surface area contributed by atoms with Gasteiger partial charge in [0.2, 0.25) is 5.88 Å². The number of methoxy groups -OCH3 is 1. The summed E-state index contributed by atoms with van der Waals surface area (Å²) in [6.07, 6.45) is 4.85. The molecule has 0 fully saturated rings. The summed E-state index contributed by atoms with van der Waals surface area (Å²) in [5.74, 6) is 0.436. The monoisotopic (exact) mass is 481 g/mol. The number of ether oxygens (including phenoxy) is 1. The van der Waals surface area contributed by atoms with E-state index in [2.05, 4.69) is 20.3 Å². The molecule has 3 heterocycles. The zero-order valence-electron chi connectivity index (χ0n) is 18.2. The van der Waals surface area contributed by atoms with Gasteiger partial charge in [0.25, 0.3) is 5.56 Å². The Labute approximate surface area is 199 Å². The third-order valence-corrected chi connectivity index (χ3v) is 5.50. The fourth-order valence-electron chi connectivity index (χ4n) is 3.52. The van der Waals surface area contributed by atoms with Crippen LogP contribution >= 0.6 is 11.6 Å². The van der Waals surface area contributed by atoms with Gasteiger partial charge in [0.15, 0.2) is 0 Å². The predicted molar refractivity (Wildman–Crippen MR) is 127 cm³/mol. The Kier molecular flexibility index (Phi) is 7.15. The minimum Gasteiger partial charge on any atom is -0.481 e. The number of anilines is 2. The van der Waals surface area contributed by atoms with E-state index in [1.165, 1.54) is 29.1 Å². The van der Waals surface area contributed by atoms with Crippen molar-refractivity contribution in [3.05, 3.63) is 94.0 Å². The SMILES string of the molecule is COc1ccc(Nc2cc(-c3ccn([C@H](CCO)c4ccc(Cl)c(F)c4)c(=O)c3)ncn2)cn1. The van der Waals surface area contributed by atoms with Gasteiger partial charge >= 0.3 is 0 Å². The molecule has 34 heavy (non-hydrogen) atoms. The number of aliphatic hydroxyl groups is 1. The summed E-state index contributed by atoms with van der Waals surface area (Å²) in [4.78, 5) is 25.6. The van der Waals surface area contributed by atoms with Crippen molar-refractivity contribution < 1.29 is 14.2 Å². The fraction of sp³-hybridized carbons (Fsp3) is 0.167. The van der Waals surface area contributed by atoms with Crippen molar-refractivity contribution in [2.24, 2.45) is 0 Å². The molecule has 0 bridgehead atoms. The van der Waals surface area contributed by atoms with Gasteiger partial charge in [-0.15, -0.1) is 0 Å². The van der Waals surface area contributed by atoms with Gasteiger partial charge in [0.05, 0.1) is 35.8 Å². The predicted octanol–water partition coefficient (Wildman–Crippen LogP) is 4.22. The third-order valence-electron chi connectivity index (χ3n) is 5.20. The van der Waals surface area contributed by atoms with E-state index in [1.54, 1.807) is 49.8 Å². The Morgan fingerprint density at radius 1 is 1.15 bits per heavy atom. The van der Waals surface area contributed by atoms with Crippen molar-refractivity contribution in [3.63, 3.8) is 0 Å². The molecule has 0 unspecified atom stereocenters. The number of rotatable bonds is 8. The van der Waals surface area contributed by atoms with Crippen LogP contribution in [0.5, 0.6) is 5.88 Å². The first-order chi connectivity index (χ1) is 16.5. The molecule has 0 radical (unpaired) electrons. The summed E-state index contributed by atoms with van der Waals surface area (Å²) in [5, 5.41) is 12.6. The van der Waals surface area contributed by atoms with Crippen LogP contribution in [0.2, 0.25) is 5.02 Å². The number of nitrogens with one attached hydrogen (secondary N) is 1. The molecule has 2 N–H and O–H groups in total. The van der Waals surface area contributed by atoms with Gasteiger partial charge in [0.1, 0.15) is 18.0 Å². The smallest absolute Gasteiger partial charge is 0.251 e. The number of halogens is 2. The number of nitrogens with zero attached hydrogens (tertiary/aromatic N) is 4. The van der Waals surface area contributed by atoms with E-state index in [-0.39, 0.29) is 23.6 Å². The van der Waals surface area contributed by atoms with Crippen molar-refractivity contribution in [3.8, 4) is 17.1 Å². The van der Waals surface area contributed by atoms with Gasteiger partial charge in [-0.2, -0.15) is 0 Å². The molecule has 0 spiro atoms. The molecule has 4 aromatic rings. The quantitative estimate of drug-likeness (QED) is 0.388. The van der Waals surface area contributed by atoms with Gasteiger partial charge in [-0.05, 0) is 36.2 Å². The van der Waals surface area contributed by atoms with Gasteiger partial charge in [-0.1, -0.05) is 17.7 Å². The van der Waals surface area contributed by atoms with E-state index in [9.17, 15) is 14.3 Å². The van der Waals surface area contributed by atoms with Gasteiger partial charge in [0, 0.05) is 36.6 Å². The Hall–Kier alpha value is -3.82. The van der Waals surface area contributed by atoms with Crippen molar-refractivity contribution >= 4 is 23.1 Å². The zero-order valence-corrected chi connectivity index (χ0v) is 18.9. The third kappa shape index (κ3) is 5.22. The van der Waals surface area contributed by atoms with Crippen LogP contribution < -0.4 is 15.6 Å². The topological polar surface area (TPSA) is 102 Å². The lowest BCUT2D eigenvalue weighted by Crippen LogP contribution is -2.25. The lowest BCUT2D eigenvalue weighted by Gasteiger charge is -2.20. The molecule has 0 aliphatic carbocycles. The van der Waals surface area contributed by atoms with E-state index in [4.69, 9.17) is 16.3 Å². The maximum Gasteiger partial charge on any atom is 0.251 e. The molecule has 0 amide bonds. The second kappa shape index (κ2) is 10.4. The van der Waals surface area contributed by atoms with Crippen LogP contribution in [0.25, 0.3) is 11.3 Å². The Morgan fingerprint density at radius 3 is 2.68 bits per heavy atom. The first-order valence-electron chi connectivity index (χ1n) is 10.4. The van der Waals surface area contributed by atoms with Crippen LogP contribution in [0.4, 0.5) is 15.9 Å². The van der Waals surface area contributed by atoms with Crippen LogP contribution in [-0.2, 0) is 0 Å². The first-order valence-corrected chi connectivity index (χ1v) is 10.7. The standard InChI is InChI=1S/C24H21ClFN5O3/c1-34-23-5-3-17(13-27-23)30-22-12-20(28-14-29-22)15-6-8-31(24(33)11-15)21(7-9-32)16-2-4-18(25)19(26)10-16/h2-6,8,10-14,21,32H,7,9H2,1H3,(H,28,29,30)/t21-/m1/s1. The highest BCUT2D eigenvalue weighted by Crippen LogP contribution is 2.26.